The van der Waals surface area contributed by atoms with E-state index in [1.165, 1.54) is 0 Å². The van der Waals surface area contributed by atoms with Gasteiger partial charge >= 0.3 is 0 Å². The van der Waals surface area contributed by atoms with Crippen LogP contribution in [-0.2, 0) is 6.42 Å². The Kier molecular flexibility index (Phi) is 3.84. The Morgan fingerprint density at radius 1 is 1.50 bits per heavy atom. The van der Waals surface area contributed by atoms with E-state index in [2.05, 4.69) is 14.9 Å². The first kappa shape index (κ1) is 12.9. The first-order valence-electron chi connectivity index (χ1n) is 6.15. The number of hydrogen-bond acceptors (Lipinski definition) is 4. The molecule has 0 spiro atoms. The molecule has 0 bridgehead atoms. The lowest BCUT2D eigenvalue weighted by Crippen LogP contribution is -2.33. The van der Waals surface area contributed by atoms with Gasteiger partial charge in [-0.1, -0.05) is 0 Å². The molecule has 0 saturated heterocycles. The molecular formula is C13H20N4O. The minimum Gasteiger partial charge on any atom is -0.399 e. The zero-order valence-electron chi connectivity index (χ0n) is 10.8. The molecule has 2 rings (SSSR count). The molecule has 98 valence electrons. The van der Waals surface area contributed by atoms with E-state index in [1.54, 1.807) is 0 Å². The molecule has 1 atom stereocenters. The maximum Gasteiger partial charge on any atom is 0.108 e. The van der Waals surface area contributed by atoms with Gasteiger partial charge in [0.1, 0.15) is 5.82 Å². The Morgan fingerprint density at radius 2 is 2.28 bits per heavy atom. The van der Waals surface area contributed by atoms with Crippen LogP contribution in [0, 0.1) is 0 Å². The van der Waals surface area contributed by atoms with E-state index in [1.807, 2.05) is 32.2 Å². The number of H-pyrrole nitrogens is 1. The quantitative estimate of drug-likeness (QED) is 0.690. The minimum absolute atomic E-state index is 0.171. The van der Waals surface area contributed by atoms with Crippen molar-refractivity contribution >= 4 is 16.7 Å². The highest BCUT2D eigenvalue weighted by molar-refractivity contribution is 5.78. The number of likely N-dealkylation sites (N-methyl/N-ethyl adjacent to an activating group) is 1. The van der Waals surface area contributed by atoms with E-state index in [-0.39, 0.29) is 12.6 Å². The second kappa shape index (κ2) is 5.37. The topological polar surface area (TPSA) is 78.2 Å². The zero-order chi connectivity index (χ0) is 13.1. The van der Waals surface area contributed by atoms with Crippen LogP contribution in [0.15, 0.2) is 18.2 Å². The van der Waals surface area contributed by atoms with Gasteiger partial charge in [0, 0.05) is 24.7 Å². The van der Waals surface area contributed by atoms with Gasteiger partial charge in [0.25, 0.3) is 0 Å². The average Bonchev–Trinajstić information content (AvgIpc) is 2.76. The van der Waals surface area contributed by atoms with Gasteiger partial charge < -0.3 is 20.7 Å². The van der Waals surface area contributed by atoms with E-state index in [0.29, 0.717) is 0 Å². The molecular weight excluding hydrogens is 228 g/mol. The number of nitrogens with zero attached hydrogens (tertiary/aromatic N) is 2. The molecule has 1 heterocycles. The molecule has 1 aromatic carbocycles. The molecule has 1 aromatic heterocycles. The average molecular weight is 248 g/mol. The third kappa shape index (κ3) is 2.80. The van der Waals surface area contributed by atoms with Crippen LogP contribution in [0.4, 0.5) is 5.69 Å². The summed E-state index contributed by atoms with van der Waals surface area (Å²) in [5.74, 6) is 0.951. The van der Waals surface area contributed by atoms with Gasteiger partial charge in [-0.3, -0.25) is 0 Å². The predicted molar refractivity (Wildman–Crippen MR) is 73.4 cm³/mol. The van der Waals surface area contributed by atoms with Gasteiger partial charge in [-0.15, -0.1) is 0 Å². The molecule has 4 N–H and O–H groups in total. The largest absolute Gasteiger partial charge is 0.399 e. The van der Waals surface area contributed by atoms with Crippen molar-refractivity contribution in [3.63, 3.8) is 0 Å². The summed E-state index contributed by atoms with van der Waals surface area (Å²) in [6.45, 7) is 3.03. The Bertz CT molecular complexity index is 523. The van der Waals surface area contributed by atoms with Gasteiger partial charge in [-0.05, 0) is 32.2 Å². The molecule has 5 heteroatoms. The fraction of sp³-hybridized carbons (Fsp3) is 0.462. The molecule has 2 aromatic rings. The molecule has 0 fully saturated rings. The highest BCUT2D eigenvalue weighted by Crippen LogP contribution is 2.15. The highest BCUT2D eigenvalue weighted by atomic mass is 16.3. The maximum absolute atomic E-state index is 9.07. The second-order valence-corrected chi connectivity index (χ2v) is 4.72. The van der Waals surface area contributed by atoms with Gasteiger partial charge in [0.2, 0.25) is 0 Å². The van der Waals surface area contributed by atoms with E-state index >= 15 is 0 Å². The number of aromatic amines is 1. The molecule has 18 heavy (non-hydrogen) atoms. The summed E-state index contributed by atoms with van der Waals surface area (Å²) in [6.07, 6.45) is 0.829. The Balaban J connectivity index is 2.04. The van der Waals surface area contributed by atoms with Gasteiger partial charge in [0.05, 0.1) is 17.6 Å². The van der Waals surface area contributed by atoms with Gasteiger partial charge in [-0.2, -0.15) is 0 Å². The number of aliphatic hydroxyl groups is 1. The lowest BCUT2D eigenvalue weighted by Gasteiger charge is -2.21. The molecule has 0 aliphatic carbocycles. The molecule has 0 amide bonds. The number of nitrogens with two attached hydrogens (primary N) is 1. The summed E-state index contributed by atoms with van der Waals surface area (Å²) < 4.78 is 0. The van der Waals surface area contributed by atoms with Crippen LogP contribution in [0.3, 0.4) is 0 Å². The van der Waals surface area contributed by atoms with Crippen LogP contribution < -0.4 is 5.73 Å². The predicted octanol–water partition coefficient (Wildman–Crippen LogP) is 1.00. The second-order valence-electron chi connectivity index (χ2n) is 4.72. The highest BCUT2D eigenvalue weighted by Gasteiger charge is 2.09. The molecule has 1 unspecified atom stereocenters. The smallest absolute Gasteiger partial charge is 0.108 e. The van der Waals surface area contributed by atoms with Gasteiger partial charge in [-0.25, -0.2) is 4.98 Å². The van der Waals surface area contributed by atoms with E-state index in [9.17, 15) is 0 Å². The number of hydrogen-bond donors (Lipinski definition) is 3. The third-order valence-corrected chi connectivity index (χ3v) is 3.27. The summed E-state index contributed by atoms with van der Waals surface area (Å²) in [5, 5.41) is 9.07. The molecule has 0 aliphatic rings. The van der Waals surface area contributed by atoms with Gasteiger partial charge in [0.15, 0.2) is 0 Å². The first-order valence-corrected chi connectivity index (χ1v) is 6.15. The summed E-state index contributed by atoms with van der Waals surface area (Å²) >= 11 is 0. The minimum atomic E-state index is 0.171. The van der Waals surface area contributed by atoms with Crippen LogP contribution in [0.2, 0.25) is 0 Å². The van der Waals surface area contributed by atoms with Crippen molar-refractivity contribution in [3.05, 3.63) is 24.0 Å². The number of anilines is 1. The van der Waals surface area contributed by atoms with Crippen LogP contribution in [0.1, 0.15) is 12.7 Å². The maximum atomic E-state index is 9.07. The van der Waals surface area contributed by atoms with Crippen molar-refractivity contribution in [1.29, 1.82) is 0 Å². The fourth-order valence-electron chi connectivity index (χ4n) is 1.84. The normalized spacial score (nSPS) is 13.3. The Labute approximate surface area is 107 Å². The summed E-state index contributed by atoms with van der Waals surface area (Å²) in [6, 6.07) is 5.84. The number of benzene rings is 1. The van der Waals surface area contributed by atoms with Crippen LogP contribution in [0.5, 0.6) is 0 Å². The van der Waals surface area contributed by atoms with Crippen molar-refractivity contribution < 1.29 is 5.11 Å². The van der Waals surface area contributed by atoms with Crippen molar-refractivity contribution in [1.82, 2.24) is 14.9 Å². The van der Waals surface area contributed by atoms with E-state index in [4.69, 9.17) is 10.8 Å². The van der Waals surface area contributed by atoms with E-state index < -0.39 is 0 Å². The Morgan fingerprint density at radius 3 is 3.00 bits per heavy atom. The third-order valence-electron chi connectivity index (χ3n) is 3.27. The number of rotatable bonds is 5. The molecule has 0 radical (unpaired) electrons. The van der Waals surface area contributed by atoms with Crippen LogP contribution in [0.25, 0.3) is 11.0 Å². The van der Waals surface area contributed by atoms with Crippen LogP contribution >= 0.6 is 0 Å². The van der Waals surface area contributed by atoms with E-state index in [0.717, 1.165) is 35.5 Å². The van der Waals surface area contributed by atoms with Crippen molar-refractivity contribution in [2.75, 3.05) is 25.9 Å². The summed E-state index contributed by atoms with van der Waals surface area (Å²) in [7, 11) is 2.00. The van der Waals surface area contributed by atoms with Crippen LogP contribution in [-0.4, -0.2) is 46.2 Å². The number of aromatic nitrogens is 2. The monoisotopic (exact) mass is 248 g/mol. The van der Waals surface area contributed by atoms with Crippen molar-refractivity contribution in [3.8, 4) is 0 Å². The Hall–Kier alpha value is -1.59. The number of nitrogen functional groups attached to an aromatic ring is 1. The molecule has 0 aliphatic heterocycles. The first-order chi connectivity index (χ1) is 8.60. The number of nitrogens with one attached hydrogen (secondary N) is 1. The molecule has 0 saturated carbocycles. The standard InChI is InChI=1S/C13H20N4O/c1-9(8-18)17(2)6-5-13-15-11-4-3-10(14)7-12(11)16-13/h3-4,7,9,18H,5-6,8,14H2,1-2H3,(H,15,16). The summed E-state index contributed by atoms with van der Waals surface area (Å²) in [5.41, 5.74) is 8.39. The SMILES string of the molecule is CC(CO)N(C)CCc1nc2ccc(N)cc2[nH]1. The number of fused-ring (bicyclic) bond motifs is 1. The fourth-order valence-corrected chi connectivity index (χ4v) is 1.84. The molecule has 5 nitrogen and oxygen atoms in total. The van der Waals surface area contributed by atoms with Crippen molar-refractivity contribution in [2.24, 2.45) is 0 Å². The number of imidazole rings is 1. The van der Waals surface area contributed by atoms with Crippen molar-refractivity contribution in [2.45, 2.75) is 19.4 Å². The lowest BCUT2D eigenvalue weighted by atomic mass is 10.3. The zero-order valence-corrected chi connectivity index (χ0v) is 10.8. The lowest BCUT2D eigenvalue weighted by molar-refractivity contribution is 0.160. The number of aliphatic hydroxyl groups excluding tert-OH is 1. The summed E-state index contributed by atoms with van der Waals surface area (Å²) in [4.78, 5) is 9.89.